The highest BCUT2D eigenvalue weighted by Crippen LogP contribution is 2.56. The van der Waals surface area contributed by atoms with Crippen LogP contribution in [0.3, 0.4) is 0 Å². The standard InChI is InChI=1S/C20H23N5O2/c1-10-23-19(27-25-10)15-9-22-18-14(2-3-21-18)17(15)24-16-12-4-11-5-13(16)8-20(26,6-11)7-12/h2-3,9,11-13,16,26H,4-8H2,1H3,(H2,21,22,24)/t11?,12-,13+,16?,20?. The van der Waals surface area contributed by atoms with Gasteiger partial charge in [0.25, 0.3) is 5.89 Å². The highest BCUT2D eigenvalue weighted by molar-refractivity contribution is 5.97. The molecule has 140 valence electrons. The lowest BCUT2D eigenvalue weighted by molar-refractivity contribution is -0.129. The number of pyridine rings is 1. The van der Waals surface area contributed by atoms with E-state index in [1.165, 1.54) is 12.8 Å². The van der Waals surface area contributed by atoms with Gasteiger partial charge in [0.15, 0.2) is 5.82 Å². The molecule has 4 fully saturated rings. The van der Waals surface area contributed by atoms with Crippen LogP contribution in [0, 0.1) is 24.7 Å². The van der Waals surface area contributed by atoms with Crippen molar-refractivity contribution < 1.29 is 9.63 Å². The predicted molar refractivity (Wildman–Crippen MR) is 100 cm³/mol. The van der Waals surface area contributed by atoms with Crippen LogP contribution in [-0.4, -0.2) is 36.9 Å². The van der Waals surface area contributed by atoms with Gasteiger partial charge in [0.05, 0.1) is 16.9 Å². The van der Waals surface area contributed by atoms with Gasteiger partial charge in [0.1, 0.15) is 5.65 Å². The fraction of sp³-hybridized carbons (Fsp3) is 0.550. The van der Waals surface area contributed by atoms with Crippen LogP contribution >= 0.6 is 0 Å². The van der Waals surface area contributed by atoms with Crippen LogP contribution in [-0.2, 0) is 0 Å². The number of rotatable bonds is 3. The van der Waals surface area contributed by atoms with E-state index in [1.54, 1.807) is 6.20 Å². The molecule has 4 aliphatic rings. The molecule has 3 heterocycles. The van der Waals surface area contributed by atoms with Gasteiger partial charge in [-0.2, -0.15) is 4.98 Å². The van der Waals surface area contributed by atoms with Crippen LogP contribution in [0.4, 0.5) is 5.69 Å². The Balaban J connectivity index is 1.43. The van der Waals surface area contributed by atoms with E-state index >= 15 is 0 Å². The molecule has 3 unspecified atom stereocenters. The quantitative estimate of drug-likeness (QED) is 0.659. The van der Waals surface area contributed by atoms with Gasteiger partial charge in [0.2, 0.25) is 0 Å². The summed E-state index contributed by atoms with van der Waals surface area (Å²) in [5, 5.41) is 19.7. The van der Waals surface area contributed by atoms with Crippen LogP contribution in [0.15, 0.2) is 23.0 Å². The Morgan fingerprint density at radius 2 is 2.07 bits per heavy atom. The van der Waals surface area contributed by atoms with Crippen LogP contribution in [0.1, 0.15) is 37.9 Å². The predicted octanol–water partition coefficient (Wildman–Crippen LogP) is 3.27. The van der Waals surface area contributed by atoms with Crippen molar-refractivity contribution in [2.75, 3.05) is 5.32 Å². The van der Waals surface area contributed by atoms with Crippen LogP contribution in [0.5, 0.6) is 0 Å². The molecule has 0 radical (unpaired) electrons. The number of nitrogens with zero attached hydrogens (tertiary/aromatic N) is 3. The molecule has 4 saturated carbocycles. The molecular weight excluding hydrogens is 342 g/mol. The van der Waals surface area contributed by atoms with E-state index in [9.17, 15) is 5.11 Å². The Labute approximate surface area is 156 Å². The number of aliphatic hydroxyl groups is 1. The Bertz CT molecular complexity index is 1010. The minimum atomic E-state index is -0.428. The van der Waals surface area contributed by atoms with E-state index in [0.717, 1.165) is 41.5 Å². The zero-order valence-corrected chi connectivity index (χ0v) is 15.3. The summed E-state index contributed by atoms with van der Waals surface area (Å²) in [6.45, 7) is 1.82. The first-order chi connectivity index (χ1) is 13.1. The van der Waals surface area contributed by atoms with Crippen molar-refractivity contribution in [2.24, 2.45) is 17.8 Å². The van der Waals surface area contributed by atoms with Gasteiger partial charge in [-0.25, -0.2) is 4.98 Å². The molecule has 7 heteroatoms. The largest absolute Gasteiger partial charge is 0.390 e. The summed E-state index contributed by atoms with van der Waals surface area (Å²) in [5.41, 5.74) is 2.27. The van der Waals surface area contributed by atoms with Gasteiger partial charge in [0, 0.05) is 23.8 Å². The van der Waals surface area contributed by atoms with E-state index in [2.05, 4.69) is 25.4 Å². The monoisotopic (exact) mass is 365 g/mol. The van der Waals surface area contributed by atoms with Crippen LogP contribution < -0.4 is 5.32 Å². The lowest BCUT2D eigenvalue weighted by atomic mass is 9.52. The lowest BCUT2D eigenvalue weighted by Crippen LogP contribution is -2.59. The average molecular weight is 365 g/mol. The van der Waals surface area contributed by atoms with E-state index in [1.807, 2.05) is 19.2 Å². The summed E-state index contributed by atoms with van der Waals surface area (Å²) in [5.74, 6) is 2.82. The normalized spacial score (nSPS) is 34.4. The molecule has 3 aromatic heterocycles. The number of fused-ring (bicyclic) bond motifs is 1. The average Bonchev–Trinajstić information content (AvgIpc) is 3.25. The number of nitrogens with one attached hydrogen (secondary N) is 2. The molecule has 0 saturated heterocycles. The SMILES string of the molecule is Cc1noc(-c2cnc3[nH]ccc3c2NC2[C@@H]3CC4C[C@H]2CC(O)(C4)C3)n1. The number of H-pyrrole nitrogens is 1. The highest BCUT2D eigenvalue weighted by atomic mass is 16.5. The van der Waals surface area contributed by atoms with Gasteiger partial charge in [-0.1, -0.05) is 5.16 Å². The molecule has 27 heavy (non-hydrogen) atoms. The highest BCUT2D eigenvalue weighted by Gasteiger charge is 2.54. The number of aromatic amines is 1. The van der Waals surface area contributed by atoms with Crippen molar-refractivity contribution in [2.45, 2.75) is 50.7 Å². The third-order valence-electron chi connectivity index (χ3n) is 6.90. The Hall–Kier alpha value is -2.41. The topological polar surface area (TPSA) is 99.9 Å². The summed E-state index contributed by atoms with van der Waals surface area (Å²) >= 11 is 0. The first-order valence-electron chi connectivity index (χ1n) is 9.84. The third kappa shape index (κ3) is 2.34. The fourth-order valence-corrected chi connectivity index (χ4v) is 6.12. The van der Waals surface area contributed by atoms with Crippen molar-refractivity contribution in [1.29, 1.82) is 0 Å². The molecule has 0 aromatic carbocycles. The smallest absolute Gasteiger partial charge is 0.261 e. The maximum atomic E-state index is 10.9. The van der Waals surface area contributed by atoms with Gasteiger partial charge in [-0.05, 0) is 62.8 Å². The van der Waals surface area contributed by atoms with Crippen LogP contribution in [0.2, 0.25) is 0 Å². The van der Waals surface area contributed by atoms with Crippen molar-refractivity contribution in [3.05, 3.63) is 24.3 Å². The van der Waals surface area contributed by atoms with Gasteiger partial charge in [-0.3, -0.25) is 0 Å². The fourth-order valence-electron chi connectivity index (χ4n) is 6.12. The van der Waals surface area contributed by atoms with Crippen molar-refractivity contribution >= 4 is 16.7 Å². The van der Waals surface area contributed by atoms with E-state index in [4.69, 9.17) is 4.52 Å². The summed E-state index contributed by atoms with van der Waals surface area (Å²) in [6, 6.07) is 2.41. The minimum Gasteiger partial charge on any atom is -0.390 e. The minimum absolute atomic E-state index is 0.366. The van der Waals surface area contributed by atoms with Crippen LogP contribution in [0.25, 0.3) is 22.5 Å². The first-order valence-corrected chi connectivity index (χ1v) is 9.84. The molecule has 3 N–H and O–H groups in total. The third-order valence-corrected chi connectivity index (χ3v) is 6.90. The Kier molecular flexibility index (Phi) is 3.08. The van der Waals surface area contributed by atoms with Crippen molar-refractivity contribution in [3.63, 3.8) is 0 Å². The number of hydrogen-bond acceptors (Lipinski definition) is 6. The second-order valence-electron chi connectivity index (χ2n) is 8.80. The second kappa shape index (κ2) is 5.32. The summed E-state index contributed by atoms with van der Waals surface area (Å²) < 4.78 is 5.45. The van der Waals surface area contributed by atoms with Gasteiger partial charge < -0.3 is 19.9 Å². The summed E-state index contributed by atoms with van der Waals surface area (Å²) in [6.07, 6.45) is 8.96. The van der Waals surface area contributed by atoms with Gasteiger partial charge in [-0.15, -0.1) is 0 Å². The molecule has 3 aromatic rings. The number of anilines is 1. The van der Waals surface area contributed by atoms with E-state index in [-0.39, 0.29) is 0 Å². The molecule has 0 amide bonds. The Morgan fingerprint density at radius 3 is 2.78 bits per heavy atom. The number of aromatic nitrogens is 4. The van der Waals surface area contributed by atoms with Crippen molar-refractivity contribution in [1.82, 2.24) is 20.1 Å². The number of aryl methyl sites for hydroxylation is 1. The van der Waals surface area contributed by atoms with E-state index < -0.39 is 5.60 Å². The zero-order chi connectivity index (χ0) is 18.2. The summed E-state index contributed by atoms with van der Waals surface area (Å²) in [7, 11) is 0. The first kappa shape index (κ1) is 15.6. The van der Waals surface area contributed by atoms with E-state index in [0.29, 0.717) is 35.5 Å². The Morgan fingerprint density at radius 1 is 1.26 bits per heavy atom. The molecular formula is C20H23N5O2. The molecule has 0 spiro atoms. The summed E-state index contributed by atoms with van der Waals surface area (Å²) in [4.78, 5) is 12.1. The lowest BCUT2D eigenvalue weighted by Gasteiger charge is -2.58. The molecule has 7 nitrogen and oxygen atoms in total. The number of hydrogen-bond donors (Lipinski definition) is 3. The zero-order valence-electron chi connectivity index (χ0n) is 15.3. The molecule has 4 aliphatic carbocycles. The van der Waals surface area contributed by atoms with Crippen molar-refractivity contribution in [3.8, 4) is 11.5 Å². The molecule has 0 aliphatic heterocycles. The maximum absolute atomic E-state index is 10.9. The maximum Gasteiger partial charge on any atom is 0.261 e. The molecule has 5 atom stereocenters. The van der Waals surface area contributed by atoms with Gasteiger partial charge >= 0.3 is 0 Å². The second-order valence-corrected chi connectivity index (χ2v) is 8.80. The molecule has 4 bridgehead atoms. The molecule has 7 rings (SSSR count).